The number of thiophene rings is 1. The molecule has 1 fully saturated rings. The van der Waals surface area contributed by atoms with Gasteiger partial charge < -0.3 is 14.7 Å². The summed E-state index contributed by atoms with van der Waals surface area (Å²) in [6, 6.07) is 5.62. The Morgan fingerprint density at radius 3 is 3.05 bits per heavy atom. The van der Waals surface area contributed by atoms with E-state index in [2.05, 4.69) is 0 Å². The molecule has 0 aliphatic carbocycles. The highest BCUT2D eigenvalue weighted by molar-refractivity contribution is 7.17. The summed E-state index contributed by atoms with van der Waals surface area (Å²) in [6.07, 6.45) is -0.696. The first kappa shape index (κ1) is 15.3. The van der Waals surface area contributed by atoms with Gasteiger partial charge in [0.2, 0.25) is 5.91 Å². The van der Waals surface area contributed by atoms with Crippen LogP contribution in [-0.2, 0) is 20.7 Å². The van der Waals surface area contributed by atoms with Crippen LogP contribution in [0.25, 0.3) is 10.1 Å². The van der Waals surface area contributed by atoms with Crippen molar-refractivity contribution in [3.63, 3.8) is 0 Å². The van der Waals surface area contributed by atoms with Crippen LogP contribution in [0, 0.1) is 0 Å². The summed E-state index contributed by atoms with van der Waals surface area (Å²) < 4.78 is 6.21. The molecule has 1 aromatic carbocycles. The van der Waals surface area contributed by atoms with Crippen molar-refractivity contribution < 1.29 is 19.4 Å². The number of morpholine rings is 1. The molecule has 5 nitrogen and oxygen atoms in total. The van der Waals surface area contributed by atoms with Gasteiger partial charge in [0, 0.05) is 16.3 Å². The zero-order chi connectivity index (χ0) is 15.7. The first-order chi connectivity index (χ1) is 10.5. The monoisotopic (exact) mass is 339 g/mol. The van der Waals surface area contributed by atoms with Crippen LogP contribution in [-0.4, -0.2) is 47.7 Å². The zero-order valence-corrected chi connectivity index (χ0v) is 13.2. The van der Waals surface area contributed by atoms with Gasteiger partial charge in [-0.05, 0) is 34.5 Å². The van der Waals surface area contributed by atoms with Crippen LogP contribution < -0.4 is 0 Å². The van der Waals surface area contributed by atoms with Crippen molar-refractivity contribution in [3.8, 4) is 0 Å². The minimum Gasteiger partial charge on any atom is -0.479 e. The Morgan fingerprint density at radius 1 is 1.45 bits per heavy atom. The Labute approximate surface area is 136 Å². The third kappa shape index (κ3) is 3.09. The number of halogens is 1. The SMILES string of the molecule is O=C(O)C1CN(C(=O)Cc2csc3ccc(Cl)cc23)CCO1. The molecule has 0 spiro atoms. The van der Waals surface area contributed by atoms with Crippen molar-refractivity contribution in [1.82, 2.24) is 4.90 Å². The van der Waals surface area contributed by atoms with E-state index in [-0.39, 0.29) is 25.5 Å². The van der Waals surface area contributed by atoms with Crippen LogP contribution in [0.3, 0.4) is 0 Å². The quantitative estimate of drug-likeness (QED) is 0.932. The summed E-state index contributed by atoms with van der Waals surface area (Å²) >= 11 is 7.58. The third-order valence-electron chi connectivity index (χ3n) is 3.65. The Hall–Kier alpha value is -1.63. The maximum absolute atomic E-state index is 12.4. The molecule has 2 heterocycles. The number of amides is 1. The lowest BCUT2D eigenvalue weighted by molar-refractivity contribution is -0.159. The van der Waals surface area contributed by atoms with Crippen molar-refractivity contribution in [2.24, 2.45) is 0 Å². The highest BCUT2D eigenvalue weighted by atomic mass is 35.5. The number of carbonyl (C=O) groups is 2. The molecule has 0 radical (unpaired) electrons. The summed E-state index contributed by atoms with van der Waals surface area (Å²) in [6.45, 7) is 0.765. The van der Waals surface area contributed by atoms with Crippen LogP contribution in [0.15, 0.2) is 23.6 Å². The normalized spacial score (nSPS) is 18.6. The van der Waals surface area contributed by atoms with E-state index in [4.69, 9.17) is 21.4 Å². The lowest BCUT2D eigenvalue weighted by Gasteiger charge is -2.30. The van der Waals surface area contributed by atoms with Crippen LogP contribution in [0.5, 0.6) is 0 Å². The van der Waals surface area contributed by atoms with Crippen molar-refractivity contribution in [1.29, 1.82) is 0 Å². The second kappa shape index (κ2) is 6.24. The highest BCUT2D eigenvalue weighted by Gasteiger charge is 2.29. The van der Waals surface area contributed by atoms with E-state index in [0.717, 1.165) is 15.6 Å². The number of carbonyl (C=O) groups excluding carboxylic acids is 1. The largest absolute Gasteiger partial charge is 0.479 e. The van der Waals surface area contributed by atoms with E-state index in [1.807, 2.05) is 23.6 Å². The van der Waals surface area contributed by atoms with Crippen LogP contribution in [0.4, 0.5) is 0 Å². The molecule has 1 amide bonds. The van der Waals surface area contributed by atoms with Gasteiger partial charge in [0.05, 0.1) is 19.6 Å². The second-order valence-electron chi connectivity index (χ2n) is 5.12. The smallest absolute Gasteiger partial charge is 0.334 e. The number of benzene rings is 1. The van der Waals surface area contributed by atoms with Gasteiger partial charge >= 0.3 is 5.97 Å². The fourth-order valence-corrected chi connectivity index (χ4v) is 3.61. The summed E-state index contributed by atoms with van der Waals surface area (Å²) in [5.74, 6) is -1.13. The Morgan fingerprint density at radius 2 is 2.27 bits per heavy atom. The Balaban J connectivity index is 1.75. The molecule has 0 bridgehead atoms. The zero-order valence-electron chi connectivity index (χ0n) is 11.6. The van der Waals surface area contributed by atoms with Crippen molar-refractivity contribution in [3.05, 3.63) is 34.2 Å². The molecule has 3 rings (SSSR count). The molecule has 2 aromatic rings. The molecule has 1 aromatic heterocycles. The number of carboxylic acids is 1. The minimum atomic E-state index is -1.04. The summed E-state index contributed by atoms with van der Waals surface area (Å²) in [5.41, 5.74) is 0.922. The van der Waals surface area contributed by atoms with E-state index in [0.29, 0.717) is 11.6 Å². The van der Waals surface area contributed by atoms with E-state index in [1.165, 1.54) is 0 Å². The van der Waals surface area contributed by atoms with E-state index < -0.39 is 12.1 Å². The summed E-state index contributed by atoms with van der Waals surface area (Å²) in [7, 11) is 0. The number of nitrogens with zero attached hydrogens (tertiary/aromatic N) is 1. The van der Waals surface area contributed by atoms with Crippen LogP contribution in [0.1, 0.15) is 5.56 Å². The first-order valence-corrected chi connectivity index (χ1v) is 8.08. The average Bonchev–Trinajstić information content (AvgIpc) is 2.89. The molecule has 1 aliphatic heterocycles. The molecule has 1 saturated heterocycles. The maximum Gasteiger partial charge on any atom is 0.334 e. The molecule has 116 valence electrons. The topological polar surface area (TPSA) is 66.8 Å². The average molecular weight is 340 g/mol. The molecule has 0 saturated carbocycles. The number of ether oxygens (including phenoxy) is 1. The second-order valence-corrected chi connectivity index (χ2v) is 6.46. The summed E-state index contributed by atoms with van der Waals surface area (Å²) in [5, 5.41) is 12.6. The first-order valence-electron chi connectivity index (χ1n) is 6.82. The van der Waals surface area contributed by atoms with Gasteiger partial charge in [-0.2, -0.15) is 0 Å². The molecule has 1 unspecified atom stereocenters. The lowest BCUT2D eigenvalue weighted by Crippen LogP contribution is -2.49. The Kier molecular flexibility index (Phi) is 4.33. The molecular formula is C15H14ClNO4S. The van der Waals surface area contributed by atoms with Crippen molar-refractivity contribution in [2.75, 3.05) is 19.7 Å². The number of hydrogen-bond acceptors (Lipinski definition) is 4. The van der Waals surface area contributed by atoms with Gasteiger partial charge in [-0.25, -0.2) is 4.79 Å². The van der Waals surface area contributed by atoms with Gasteiger partial charge in [-0.3, -0.25) is 4.79 Å². The fourth-order valence-electron chi connectivity index (χ4n) is 2.49. The van der Waals surface area contributed by atoms with Gasteiger partial charge in [0.15, 0.2) is 6.10 Å². The molecule has 22 heavy (non-hydrogen) atoms. The predicted molar refractivity (Wildman–Crippen MR) is 84.5 cm³/mol. The third-order valence-corrected chi connectivity index (χ3v) is 4.90. The highest BCUT2D eigenvalue weighted by Crippen LogP contribution is 2.29. The molecular weight excluding hydrogens is 326 g/mol. The number of carboxylic acid groups (broad SMARTS) is 1. The van der Waals surface area contributed by atoms with Crippen molar-refractivity contribution in [2.45, 2.75) is 12.5 Å². The molecule has 1 N–H and O–H groups in total. The molecule has 1 aliphatic rings. The standard InChI is InChI=1S/C15H14ClNO4S/c16-10-1-2-13-11(6-10)9(8-22-13)5-14(18)17-3-4-21-12(7-17)15(19)20/h1-2,6,8,12H,3-5,7H2,(H,19,20). The number of aliphatic carboxylic acids is 1. The lowest BCUT2D eigenvalue weighted by atomic mass is 10.1. The van der Waals surface area contributed by atoms with E-state index >= 15 is 0 Å². The molecule has 1 atom stereocenters. The number of fused-ring (bicyclic) bond motifs is 1. The van der Waals surface area contributed by atoms with Gasteiger partial charge in [0.25, 0.3) is 0 Å². The van der Waals surface area contributed by atoms with Crippen LogP contribution >= 0.6 is 22.9 Å². The van der Waals surface area contributed by atoms with E-state index in [9.17, 15) is 9.59 Å². The van der Waals surface area contributed by atoms with Gasteiger partial charge in [-0.1, -0.05) is 11.6 Å². The van der Waals surface area contributed by atoms with Gasteiger partial charge in [-0.15, -0.1) is 11.3 Å². The Bertz CT molecular complexity index is 729. The minimum absolute atomic E-state index is 0.0887. The number of hydrogen-bond donors (Lipinski definition) is 1. The van der Waals surface area contributed by atoms with Crippen molar-refractivity contribution >= 4 is 44.9 Å². The van der Waals surface area contributed by atoms with Crippen LogP contribution in [0.2, 0.25) is 5.02 Å². The molecule has 7 heteroatoms. The fraction of sp³-hybridized carbons (Fsp3) is 0.333. The number of rotatable bonds is 3. The maximum atomic E-state index is 12.4. The predicted octanol–water partition coefficient (Wildman–Crippen LogP) is 2.41. The van der Waals surface area contributed by atoms with E-state index in [1.54, 1.807) is 16.2 Å². The summed E-state index contributed by atoms with van der Waals surface area (Å²) in [4.78, 5) is 24.9. The van der Waals surface area contributed by atoms with Gasteiger partial charge in [0.1, 0.15) is 0 Å².